The second kappa shape index (κ2) is 10.7. The summed E-state index contributed by atoms with van der Waals surface area (Å²) in [5, 5.41) is 5.78. The molecule has 0 radical (unpaired) electrons. The summed E-state index contributed by atoms with van der Waals surface area (Å²) in [5.41, 5.74) is 3.50. The second-order valence-electron chi connectivity index (χ2n) is 8.38. The highest BCUT2D eigenvalue weighted by Crippen LogP contribution is 2.32. The first-order valence-electron chi connectivity index (χ1n) is 11.1. The first-order chi connectivity index (χ1) is 14.9. The maximum absolute atomic E-state index is 13.4. The van der Waals surface area contributed by atoms with Crippen molar-refractivity contribution in [2.24, 2.45) is 0 Å². The van der Waals surface area contributed by atoms with Crippen LogP contribution in [0.5, 0.6) is 0 Å². The van der Waals surface area contributed by atoms with Gasteiger partial charge in [-0.3, -0.25) is 24.6 Å². The van der Waals surface area contributed by atoms with Gasteiger partial charge >= 0.3 is 0 Å². The number of rotatable bonds is 7. The van der Waals surface area contributed by atoms with Crippen LogP contribution < -0.4 is 15.5 Å². The Kier molecular flexibility index (Phi) is 7.98. The van der Waals surface area contributed by atoms with E-state index in [4.69, 9.17) is 4.74 Å². The largest absolute Gasteiger partial charge is 0.384 e. The van der Waals surface area contributed by atoms with Crippen molar-refractivity contribution in [1.82, 2.24) is 10.6 Å². The van der Waals surface area contributed by atoms with E-state index in [9.17, 15) is 14.4 Å². The van der Waals surface area contributed by atoms with Crippen LogP contribution in [0.15, 0.2) is 29.8 Å². The number of piperidine rings is 2. The molecule has 2 saturated heterocycles. The summed E-state index contributed by atoms with van der Waals surface area (Å²) in [6.45, 7) is 6.29. The molecule has 0 aliphatic carbocycles. The maximum Gasteiger partial charge on any atom is 0.254 e. The van der Waals surface area contributed by atoms with Crippen molar-refractivity contribution in [3.63, 3.8) is 0 Å². The van der Waals surface area contributed by atoms with E-state index in [-0.39, 0.29) is 18.2 Å². The molecule has 3 amide bonds. The Bertz CT molecular complexity index is 858. The number of hydrogen-bond acceptors (Lipinski definition) is 5. The van der Waals surface area contributed by atoms with E-state index < -0.39 is 11.9 Å². The number of nitrogens with one attached hydrogen (secondary N) is 2. The normalized spacial score (nSPS) is 20.5. The summed E-state index contributed by atoms with van der Waals surface area (Å²) < 4.78 is 5.08. The smallest absolute Gasteiger partial charge is 0.254 e. The molecule has 0 bridgehead atoms. The van der Waals surface area contributed by atoms with Crippen molar-refractivity contribution in [3.05, 3.63) is 41.0 Å². The Balaban J connectivity index is 1.93. The predicted octanol–water partition coefficient (Wildman–Crippen LogP) is 2.58. The fourth-order valence-corrected chi connectivity index (χ4v) is 4.38. The van der Waals surface area contributed by atoms with E-state index in [0.29, 0.717) is 30.9 Å². The number of hydrogen-bond donors (Lipinski definition) is 2. The molecule has 2 aliphatic heterocycles. The molecule has 2 N–H and O–H groups in total. The summed E-state index contributed by atoms with van der Waals surface area (Å²) in [4.78, 5) is 39.4. The quantitative estimate of drug-likeness (QED) is 0.397. The van der Waals surface area contributed by atoms with E-state index in [0.717, 1.165) is 37.2 Å². The average Bonchev–Trinajstić information content (AvgIpc) is 2.76. The predicted molar refractivity (Wildman–Crippen MR) is 120 cm³/mol. The van der Waals surface area contributed by atoms with Crippen LogP contribution in [0.3, 0.4) is 0 Å². The molecule has 2 fully saturated rings. The highest BCUT2D eigenvalue weighted by atomic mass is 16.5. The lowest BCUT2D eigenvalue weighted by atomic mass is 9.89. The molecule has 2 heterocycles. The summed E-state index contributed by atoms with van der Waals surface area (Å²) in [6.07, 6.45) is 5.18. The van der Waals surface area contributed by atoms with Crippen molar-refractivity contribution in [3.8, 4) is 0 Å². The zero-order chi connectivity index (χ0) is 22.4. The van der Waals surface area contributed by atoms with Gasteiger partial charge in [0.05, 0.1) is 0 Å². The van der Waals surface area contributed by atoms with Crippen LogP contribution in [0.25, 0.3) is 0 Å². The molecular formula is C24H33N3O4. The highest BCUT2D eigenvalue weighted by molar-refractivity contribution is 6.12. The van der Waals surface area contributed by atoms with Crippen LogP contribution in [0.4, 0.5) is 5.69 Å². The Morgan fingerprint density at radius 1 is 1.23 bits per heavy atom. The monoisotopic (exact) mass is 427 g/mol. The van der Waals surface area contributed by atoms with Gasteiger partial charge in [-0.1, -0.05) is 18.2 Å². The average molecular weight is 428 g/mol. The van der Waals surface area contributed by atoms with Crippen LogP contribution in [-0.2, 0) is 19.1 Å². The van der Waals surface area contributed by atoms with E-state index >= 15 is 0 Å². The Hall–Kier alpha value is -2.51. The third kappa shape index (κ3) is 5.60. The van der Waals surface area contributed by atoms with Gasteiger partial charge in [0.2, 0.25) is 11.8 Å². The molecule has 1 aromatic rings. The van der Waals surface area contributed by atoms with Crippen LogP contribution in [0, 0.1) is 6.92 Å². The standard InChI is InChI=1S/C24H33N3O4/c1-16(5-4-14-31-3)24(30)27(21-8-9-22(28)26-23(21)29)20-7-6-19(15-17(20)2)18-10-12-25-13-11-18/h5-7,15,18,21,25H,4,8-14H2,1-3H3,(H,26,28,29)/b16-5-. The number of imide groups is 1. The van der Waals surface area contributed by atoms with Crippen LogP contribution >= 0.6 is 0 Å². The summed E-state index contributed by atoms with van der Waals surface area (Å²) in [6, 6.07) is 5.46. The van der Waals surface area contributed by atoms with Gasteiger partial charge in [0.25, 0.3) is 5.91 Å². The number of anilines is 1. The molecule has 0 saturated carbocycles. The van der Waals surface area contributed by atoms with Gasteiger partial charge in [-0.25, -0.2) is 0 Å². The minimum absolute atomic E-state index is 0.219. The highest BCUT2D eigenvalue weighted by Gasteiger charge is 2.36. The van der Waals surface area contributed by atoms with Crippen molar-refractivity contribution >= 4 is 23.4 Å². The number of methoxy groups -OCH3 is 1. The summed E-state index contributed by atoms with van der Waals surface area (Å²) in [5.74, 6) is -0.428. The lowest BCUT2D eigenvalue weighted by Crippen LogP contribution is -2.55. The minimum Gasteiger partial charge on any atom is -0.384 e. The number of benzene rings is 1. The lowest BCUT2D eigenvalue weighted by molar-refractivity contribution is -0.135. The van der Waals surface area contributed by atoms with E-state index in [1.54, 1.807) is 18.9 Å². The summed E-state index contributed by atoms with van der Waals surface area (Å²) >= 11 is 0. The molecule has 31 heavy (non-hydrogen) atoms. The third-order valence-corrected chi connectivity index (χ3v) is 6.14. The first-order valence-corrected chi connectivity index (χ1v) is 11.1. The molecule has 2 aliphatic rings. The van der Waals surface area contributed by atoms with E-state index in [1.807, 2.05) is 19.1 Å². The zero-order valence-corrected chi connectivity index (χ0v) is 18.7. The molecular weight excluding hydrogens is 394 g/mol. The number of amides is 3. The zero-order valence-electron chi connectivity index (χ0n) is 18.7. The number of carbonyl (C=O) groups is 3. The molecule has 3 rings (SSSR count). The van der Waals surface area contributed by atoms with Crippen molar-refractivity contribution in [1.29, 1.82) is 0 Å². The number of nitrogens with zero attached hydrogens (tertiary/aromatic N) is 1. The number of aryl methyl sites for hydroxylation is 1. The Morgan fingerprint density at radius 2 is 1.97 bits per heavy atom. The van der Waals surface area contributed by atoms with Gasteiger partial charge < -0.3 is 10.1 Å². The minimum atomic E-state index is -0.709. The molecule has 7 nitrogen and oxygen atoms in total. The van der Waals surface area contributed by atoms with Gasteiger partial charge in [-0.2, -0.15) is 0 Å². The fourth-order valence-electron chi connectivity index (χ4n) is 4.38. The van der Waals surface area contributed by atoms with Crippen LogP contribution in [0.1, 0.15) is 56.1 Å². The van der Waals surface area contributed by atoms with Gasteiger partial charge in [0.1, 0.15) is 6.04 Å². The topological polar surface area (TPSA) is 87.7 Å². The van der Waals surface area contributed by atoms with Crippen molar-refractivity contribution in [2.45, 2.75) is 57.9 Å². The molecule has 1 unspecified atom stereocenters. The number of ether oxygens (including phenoxy) is 1. The van der Waals surface area contributed by atoms with Crippen molar-refractivity contribution in [2.75, 3.05) is 31.7 Å². The van der Waals surface area contributed by atoms with Crippen LogP contribution in [-0.4, -0.2) is 50.6 Å². The fraction of sp³-hybridized carbons (Fsp3) is 0.542. The SMILES string of the molecule is COCC/C=C(/C)C(=O)N(c1ccc(C2CCNCC2)cc1C)C1CCC(=O)NC1=O. The molecule has 168 valence electrons. The Morgan fingerprint density at radius 3 is 2.61 bits per heavy atom. The second-order valence-corrected chi connectivity index (χ2v) is 8.38. The molecule has 1 aromatic carbocycles. The number of carbonyl (C=O) groups excluding carboxylic acids is 3. The molecule has 7 heteroatoms. The van der Waals surface area contributed by atoms with E-state index in [2.05, 4.69) is 22.8 Å². The van der Waals surface area contributed by atoms with E-state index in [1.165, 1.54) is 5.56 Å². The van der Waals surface area contributed by atoms with Crippen molar-refractivity contribution < 1.29 is 19.1 Å². The van der Waals surface area contributed by atoms with Gasteiger partial charge in [0, 0.05) is 31.4 Å². The molecule has 1 atom stereocenters. The molecule has 0 spiro atoms. The maximum atomic E-state index is 13.4. The van der Waals surface area contributed by atoms with Crippen LogP contribution in [0.2, 0.25) is 0 Å². The lowest BCUT2D eigenvalue weighted by Gasteiger charge is -2.34. The Labute approximate surface area is 184 Å². The first kappa shape index (κ1) is 23.2. The van der Waals surface area contributed by atoms with Gasteiger partial charge in [-0.05, 0) is 75.7 Å². The van der Waals surface area contributed by atoms with Gasteiger partial charge in [0.15, 0.2) is 0 Å². The van der Waals surface area contributed by atoms with Gasteiger partial charge in [-0.15, -0.1) is 0 Å². The third-order valence-electron chi connectivity index (χ3n) is 6.14. The summed E-state index contributed by atoms with van der Waals surface area (Å²) in [7, 11) is 1.62. The molecule has 0 aromatic heterocycles.